The molecule has 0 saturated heterocycles. The van der Waals surface area contributed by atoms with Crippen LogP contribution in [0.1, 0.15) is 16.1 Å². The number of nitrogen functional groups attached to an aromatic ring is 1. The Balaban J connectivity index is 1.84. The molecule has 3 N–H and O–H groups in total. The largest absolute Gasteiger partial charge is 0.495 e. The number of carbonyl (C=O) groups excluding carboxylic acids is 1. The Bertz CT molecular complexity index is 960. The number of hydrogen-bond acceptors (Lipinski definition) is 4. The van der Waals surface area contributed by atoms with Crippen molar-refractivity contribution in [3.8, 4) is 17.1 Å². The van der Waals surface area contributed by atoms with Crippen molar-refractivity contribution in [3.63, 3.8) is 0 Å². The van der Waals surface area contributed by atoms with Crippen LogP contribution in [-0.2, 0) is 0 Å². The summed E-state index contributed by atoms with van der Waals surface area (Å²) in [6.45, 7) is 1.81. The molecule has 0 aliphatic heterocycles. The molecule has 0 unspecified atom stereocenters. The van der Waals surface area contributed by atoms with E-state index in [0.717, 1.165) is 11.1 Å². The maximum Gasteiger partial charge on any atom is 0.291 e. The molecule has 2 aromatic carbocycles. The normalized spacial score (nSPS) is 10.6. The Morgan fingerprint density at radius 2 is 1.88 bits per heavy atom. The summed E-state index contributed by atoms with van der Waals surface area (Å²) in [5.74, 6) is 0.818. The molecule has 0 spiro atoms. The van der Waals surface area contributed by atoms with Crippen LogP contribution in [0.5, 0.6) is 5.75 Å². The molecule has 0 atom stereocenters. The van der Waals surface area contributed by atoms with E-state index in [9.17, 15) is 4.79 Å². The Labute approximate surface area is 160 Å². The summed E-state index contributed by atoms with van der Waals surface area (Å²) in [6, 6.07) is 11.8. The number of rotatable bonds is 4. The van der Waals surface area contributed by atoms with E-state index in [1.807, 2.05) is 6.92 Å². The van der Waals surface area contributed by atoms with Crippen molar-refractivity contribution in [3.05, 3.63) is 63.8 Å². The number of amides is 1. The molecule has 1 heterocycles. The molecule has 3 rings (SSSR count). The van der Waals surface area contributed by atoms with Crippen LogP contribution in [0, 0.1) is 6.92 Å². The van der Waals surface area contributed by atoms with Crippen molar-refractivity contribution in [2.75, 3.05) is 18.2 Å². The molecule has 0 aliphatic carbocycles. The Morgan fingerprint density at radius 1 is 1.12 bits per heavy atom. The van der Waals surface area contributed by atoms with Gasteiger partial charge >= 0.3 is 0 Å². The van der Waals surface area contributed by atoms with Crippen molar-refractivity contribution in [1.82, 2.24) is 0 Å². The van der Waals surface area contributed by atoms with Gasteiger partial charge in [0.05, 0.1) is 22.8 Å². The fraction of sp³-hybridized carbons (Fsp3) is 0.105. The quantitative estimate of drug-likeness (QED) is 0.584. The lowest BCUT2D eigenvalue weighted by Crippen LogP contribution is -2.12. The smallest absolute Gasteiger partial charge is 0.291 e. The minimum absolute atomic E-state index is 0.152. The van der Waals surface area contributed by atoms with Gasteiger partial charge in [0.1, 0.15) is 11.5 Å². The van der Waals surface area contributed by atoms with Crippen molar-refractivity contribution >= 4 is 40.5 Å². The number of benzene rings is 2. The van der Waals surface area contributed by atoms with Crippen LogP contribution in [0.4, 0.5) is 11.4 Å². The first-order valence-electron chi connectivity index (χ1n) is 7.69. The zero-order chi connectivity index (χ0) is 18.8. The summed E-state index contributed by atoms with van der Waals surface area (Å²) >= 11 is 12.3. The number of furan rings is 1. The van der Waals surface area contributed by atoms with E-state index in [-0.39, 0.29) is 5.76 Å². The van der Waals surface area contributed by atoms with Crippen LogP contribution < -0.4 is 15.8 Å². The summed E-state index contributed by atoms with van der Waals surface area (Å²) in [4.78, 5) is 12.5. The van der Waals surface area contributed by atoms with Crippen LogP contribution in [-0.4, -0.2) is 13.0 Å². The van der Waals surface area contributed by atoms with Crippen molar-refractivity contribution in [2.45, 2.75) is 6.92 Å². The lowest BCUT2D eigenvalue weighted by molar-refractivity contribution is 0.0997. The number of hydrogen-bond donors (Lipinski definition) is 2. The van der Waals surface area contributed by atoms with Gasteiger partial charge in [0.2, 0.25) is 0 Å². The number of nitrogens with two attached hydrogens (primary N) is 1. The molecule has 0 bridgehead atoms. The number of methoxy groups -OCH3 is 1. The molecule has 0 saturated carbocycles. The second kappa shape index (κ2) is 7.32. The van der Waals surface area contributed by atoms with E-state index >= 15 is 0 Å². The van der Waals surface area contributed by atoms with Gasteiger partial charge < -0.3 is 20.2 Å². The van der Waals surface area contributed by atoms with Crippen LogP contribution in [0.15, 0.2) is 46.9 Å². The van der Waals surface area contributed by atoms with Crippen molar-refractivity contribution in [2.24, 2.45) is 0 Å². The van der Waals surface area contributed by atoms with E-state index in [2.05, 4.69) is 5.32 Å². The average molecular weight is 391 g/mol. The van der Waals surface area contributed by atoms with Gasteiger partial charge in [-0.3, -0.25) is 4.79 Å². The molecule has 1 amide bonds. The number of nitrogens with one attached hydrogen (secondary N) is 1. The number of carbonyl (C=O) groups is 1. The lowest BCUT2D eigenvalue weighted by Gasteiger charge is -2.10. The Morgan fingerprint density at radius 3 is 2.54 bits per heavy atom. The minimum atomic E-state index is -0.411. The number of aryl methyl sites for hydroxylation is 1. The number of halogens is 2. The van der Waals surface area contributed by atoms with Crippen LogP contribution in [0.2, 0.25) is 10.0 Å². The molecule has 0 aliphatic rings. The van der Waals surface area contributed by atoms with E-state index in [0.29, 0.717) is 32.9 Å². The minimum Gasteiger partial charge on any atom is -0.495 e. The van der Waals surface area contributed by atoms with Gasteiger partial charge in [-0.2, -0.15) is 0 Å². The first-order valence-corrected chi connectivity index (χ1v) is 8.45. The zero-order valence-corrected chi connectivity index (χ0v) is 15.6. The summed E-state index contributed by atoms with van der Waals surface area (Å²) in [5.41, 5.74) is 8.26. The van der Waals surface area contributed by atoms with E-state index in [1.54, 1.807) is 49.6 Å². The van der Waals surface area contributed by atoms with Gasteiger partial charge in [-0.15, -0.1) is 0 Å². The zero-order valence-electron chi connectivity index (χ0n) is 14.1. The average Bonchev–Trinajstić information content (AvgIpc) is 3.08. The Hall–Kier alpha value is -2.63. The molecule has 26 heavy (non-hydrogen) atoms. The second-order valence-electron chi connectivity index (χ2n) is 5.66. The van der Waals surface area contributed by atoms with Crippen LogP contribution in [0.3, 0.4) is 0 Å². The third kappa shape index (κ3) is 3.64. The van der Waals surface area contributed by atoms with Crippen LogP contribution in [0.25, 0.3) is 11.3 Å². The maximum atomic E-state index is 12.5. The topological polar surface area (TPSA) is 77.5 Å². The standard InChI is InChI=1S/C19H16Cl2N2O3/c1-10-7-12(22)9-14(21)18(10)23-19(24)17-6-5-15(26-17)11-3-4-16(25-2)13(20)8-11/h3-9H,22H2,1-2H3,(H,23,24). The van der Waals surface area contributed by atoms with Crippen molar-refractivity contribution in [1.29, 1.82) is 0 Å². The molecule has 0 fully saturated rings. The maximum absolute atomic E-state index is 12.5. The summed E-state index contributed by atoms with van der Waals surface area (Å²) in [7, 11) is 1.54. The summed E-state index contributed by atoms with van der Waals surface area (Å²) < 4.78 is 10.8. The third-order valence-electron chi connectivity index (χ3n) is 3.81. The van der Waals surface area contributed by atoms with Crippen molar-refractivity contribution < 1.29 is 13.9 Å². The molecule has 134 valence electrons. The molecular formula is C19H16Cl2N2O3. The second-order valence-corrected chi connectivity index (χ2v) is 6.48. The summed E-state index contributed by atoms with van der Waals surface area (Å²) in [5, 5.41) is 3.57. The predicted octanol–water partition coefficient (Wildman–Crippen LogP) is 5.40. The fourth-order valence-corrected chi connectivity index (χ4v) is 3.12. The van der Waals surface area contributed by atoms with Gasteiger partial charge in [-0.1, -0.05) is 23.2 Å². The number of anilines is 2. The molecule has 5 nitrogen and oxygen atoms in total. The number of ether oxygens (including phenoxy) is 1. The third-order valence-corrected chi connectivity index (χ3v) is 4.41. The first kappa shape index (κ1) is 18.2. The van der Waals surface area contributed by atoms with Crippen LogP contribution >= 0.6 is 23.2 Å². The van der Waals surface area contributed by atoms with Gasteiger partial charge in [-0.05, 0) is 55.0 Å². The summed E-state index contributed by atoms with van der Waals surface area (Å²) in [6.07, 6.45) is 0. The highest BCUT2D eigenvalue weighted by atomic mass is 35.5. The van der Waals surface area contributed by atoms with Gasteiger partial charge in [-0.25, -0.2) is 0 Å². The molecule has 3 aromatic rings. The highest BCUT2D eigenvalue weighted by molar-refractivity contribution is 6.34. The molecule has 1 aromatic heterocycles. The van der Waals surface area contributed by atoms with E-state index < -0.39 is 5.91 Å². The van der Waals surface area contributed by atoms with Gasteiger partial charge in [0, 0.05) is 11.3 Å². The Kier molecular flexibility index (Phi) is 5.11. The SMILES string of the molecule is COc1ccc(-c2ccc(C(=O)Nc3c(C)cc(N)cc3Cl)o2)cc1Cl. The van der Waals surface area contributed by atoms with Gasteiger partial charge in [0.25, 0.3) is 5.91 Å². The highest BCUT2D eigenvalue weighted by Gasteiger charge is 2.16. The van der Waals surface area contributed by atoms with E-state index in [1.165, 1.54) is 0 Å². The molecular weight excluding hydrogens is 375 g/mol. The highest BCUT2D eigenvalue weighted by Crippen LogP contribution is 2.32. The predicted molar refractivity (Wildman–Crippen MR) is 104 cm³/mol. The fourth-order valence-electron chi connectivity index (χ4n) is 2.54. The lowest BCUT2D eigenvalue weighted by atomic mass is 10.1. The first-order chi connectivity index (χ1) is 12.4. The van der Waals surface area contributed by atoms with Gasteiger partial charge in [0.15, 0.2) is 5.76 Å². The van der Waals surface area contributed by atoms with E-state index in [4.69, 9.17) is 38.1 Å². The molecule has 7 heteroatoms. The monoisotopic (exact) mass is 390 g/mol. The molecule has 0 radical (unpaired) electrons.